The monoisotopic (exact) mass is 161 g/mol. The van der Waals surface area contributed by atoms with Gasteiger partial charge >= 0.3 is 6.18 Å². The molecule has 2 N–H and O–H groups in total. The third-order valence-electron chi connectivity index (χ3n) is 0.632. The number of halogens is 4. The van der Waals surface area contributed by atoms with Crippen LogP contribution < -0.4 is 5.73 Å². The largest absolute Gasteiger partial charge is 0.407 e. The summed E-state index contributed by atoms with van der Waals surface area (Å²) in [6.07, 6.45) is -3.68. The molecule has 0 aliphatic carbocycles. The van der Waals surface area contributed by atoms with Gasteiger partial charge in [-0.25, -0.2) is 0 Å². The van der Waals surface area contributed by atoms with Gasteiger partial charge in [0.2, 0.25) is 0 Å². The Kier molecular flexibility index (Phi) is 4.80. The topological polar surface area (TPSA) is 26.0 Å². The van der Waals surface area contributed by atoms with Crippen LogP contribution in [0, 0.1) is 0 Å². The number of nitrogens with two attached hydrogens (primary N) is 1. The van der Waals surface area contributed by atoms with E-state index >= 15 is 0 Å². The summed E-state index contributed by atoms with van der Waals surface area (Å²) in [6.45, 7) is 2.88. The molecule has 1 nitrogen and oxygen atoms in total. The van der Waals surface area contributed by atoms with Gasteiger partial charge in [0.05, 0.1) is 0 Å². The zero-order chi connectivity index (χ0) is 6.78. The first-order valence-electron chi connectivity index (χ1n) is 1.93. The first-order valence-corrected chi connectivity index (χ1v) is 1.93. The van der Waals surface area contributed by atoms with E-state index < -0.39 is 12.2 Å². The third-order valence-corrected chi connectivity index (χ3v) is 0.632. The molecule has 56 valence electrons. The van der Waals surface area contributed by atoms with E-state index in [9.17, 15) is 13.2 Å². The first kappa shape index (κ1) is 11.6. The number of rotatable bonds is 1. The van der Waals surface area contributed by atoms with Crippen LogP contribution in [0.3, 0.4) is 0 Å². The maximum absolute atomic E-state index is 11.3. The van der Waals surface area contributed by atoms with E-state index in [0.717, 1.165) is 0 Å². The highest BCUT2D eigenvalue weighted by Crippen LogP contribution is 2.18. The van der Waals surface area contributed by atoms with Gasteiger partial charge in [-0.2, -0.15) is 13.2 Å². The molecule has 0 fully saturated rings. The number of hydrogen-bond acceptors (Lipinski definition) is 1. The molecule has 1 unspecified atom stereocenters. The highest BCUT2D eigenvalue weighted by atomic mass is 35.5. The lowest BCUT2D eigenvalue weighted by molar-refractivity contribution is -0.136. The Balaban J connectivity index is 0. The van der Waals surface area contributed by atoms with Crippen LogP contribution in [0.2, 0.25) is 0 Å². The Morgan fingerprint density at radius 2 is 1.78 bits per heavy atom. The van der Waals surface area contributed by atoms with Crippen molar-refractivity contribution in [3.63, 3.8) is 0 Å². The van der Waals surface area contributed by atoms with Crippen LogP contribution >= 0.6 is 12.4 Å². The minimum absolute atomic E-state index is 0. The van der Waals surface area contributed by atoms with E-state index in [1.165, 1.54) is 0 Å². The lowest BCUT2D eigenvalue weighted by Crippen LogP contribution is -2.34. The number of hydrogen-bond donors (Lipinski definition) is 1. The van der Waals surface area contributed by atoms with Gasteiger partial charge in [0.1, 0.15) is 6.04 Å². The van der Waals surface area contributed by atoms with Gasteiger partial charge < -0.3 is 5.73 Å². The fraction of sp³-hybridized carbons (Fsp3) is 0.500. The van der Waals surface area contributed by atoms with E-state index in [1.54, 1.807) is 0 Å². The van der Waals surface area contributed by atoms with Crippen molar-refractivity contribution in [2.45, 2.75) is 12.2 Å². The normalized spacial score (nSPS) is 13.8. The van der Waals surface area contributed by atoms with E-state index in [4.69, 9.17) is 0 Å². The molecule has 0 saturated heterocycles. The van der Waals surface area contributed by atoms with Crippen molar-refractivity contribution in [2.24, 2.45) is 5.73 Å². The molecule has 1 atom stereocenters. The molecule has 0 spiro atoms. The molecule has 0 saturated carbocycles. The molecule has 0 aromatic heterocycles. The van der Waals surface area contributed by atoms with E-state index in [0.29, 0.717) is 6.08 Å². The van der Waals surface area contributed by atoms with Crippen molar-refractivity contribution in [1.82, 2.24) is 0 Å². The molecule has 0 heterocycles. The van der Waals surface area contributed by atoms with Crippen molar-refractivity contribution in [2.75, 3.05) is 0 Å². The zero-order valence-electron chi connectivity index (χ0n) is 4.48. The average molecular weight is 162 g/mol. The second kappa shape index (κ2) is 3.74. The average Bonchev–Trinajstić information content (AvgIpc) is 1.62. The molecule has 5 heteroatoms. The molecule has 0 aromatic carbocycles. The SMILES string of the molecule is C=CC(N)C(F)(F)F.Cl. The van der Waals surface area contributed by atoms with Gasteiger partial charge in [0.15, 0.2) is 0 Å². The molecule has 0 aliphatic heterocycles. The van der Waals surface area contributed by atoms with Gasteiger partial charge in [-0.1, -0.05) is 6.08 Å². The molecule has 0 aromatic rings. The summed E-state index contributed by atoms with van der Waals surface area (Å²) < 4.78 is 33.8. The molecule has 0 radical (unpaired) electrons. The molecule has 0 amide bonds. The predicted octanol–water partition coefficient (Wildman–Crippen LogP) is 1.48. The van der Waals surface area contributed by atoms with Crippen LogP contribution in [0.25, 0.3) is 0 Å². The zero-order valence-corrected chi connectivity index (χ0v) is 5.30. The maximum Gasteiger partial charge on any atom is 0.407 e. The quantitative estimate of drug-likeness (QED) is 0.580. The van der Waals surface area contributed by atoms with Gasteiger partial charge in [-0.3, -0.25) is 0 Å². The number of alkyl halides is 3. The van der Waals surface area contributed by atoms with Crippen molar-refractivity contribution >= 4 is 12.4 Å². The highest BCUT2D eigenvalue weighted by Gasteiger charge is 2.33. The summed E-state index contributed by atoms with van der Waals surface area (Å²) >= 11 is 0. The Morgan fingerprint density at radius 3 is 1.78 bits per heavy atom. The third kappa shape index (κ3) is 4.29. The van der Waals surface area contributed by atoms with E-state index in [2.05, 4.69) is 12.3 Å². The Labute approximate surface area is 57.1 Å². The second-order valence-electron chi connectivity index (χ2n) is 1.30. The maximum atomic E-state index is 11.3. The Morgan fingerprint density at radius 1 is 1.44 bits per heavy atom. The fourth-order valence-electron chi connectivity index (χ4n) is 0.134. The van der Waals surface area contributed by atoms with Crippen molar-refractivity contribution in [1.29, 1.82) is 0 Å². The summed E-state index contributed by atoms with van der Waals surface area (Å²) in [5.41, 5.74) is 4.51. The molecular weight excluding hydrogens is 154 g/mol. The van der Waals surface area contributed by atoms with Gasteiger partial charge in [0, 0.05) is 0 Å². The van der Waals surface area contributed by atoms with Crippen LogP contribution in [0.15, 0.2) is 12.7 Å². The highest BCUT2D eigenvalue weighted by molar-refractivity contribution is 5.85. The van der Waals surface area contributed by atoms with Crippen LogP contribution in [0.4, 0.5) is 13.2 Å². The lowest BCUT2D eigenvalue weighted by atomic mass is 10.3. The second-order valence-corrected chi connectivity index (χ2v) is 1.30. The van der Waals surface area contributed by atoms with Crippen LogP contribution in [-0.4, -0.2) is 12.2 Å². The van der Waals surface area contributed by atoms with Crippen molar-refractivity contribution in [3.8, 4) is 0 Å². The van der Waals surface area contributed by atoms with Gasteiger partial charge in [-0.05, 0) is 0 Å². The van der Waals surface area contributed by atoms with Crippen LogP contribution in [0.1, 0.15) is 0 Å². The minimum Gasteiger partial charge on any atom is -0.317 e. The first-order chi connectivity index (χ1) is 3.48. The Hall–Kier alpha value is -0.220. The van der Waals surface area contributed by atoms with E-state index in [-0.39, 0.29) is 12.4 Å². The predicted molar refractivity (Wildman–Crippen MR) is 31.5 cm³/mol. The molecule has 9 heavy (non-hydrogen) atoms. The molecule has 0 rings (SSSR count). The lowest BCUT2D eigenvalue weighted by Gasteiger charge is -2.09. The van der Waals surface area contributed by atoms with Crippen molar-refractivity contribution in [3.05, 3.63) is 12.7 Å². The molecule has 0 bridgehead atoms. The van der Waals surface area contributed by atoms with Crippen LogP contribution in [-0.2, 0) is 0 Å². The Bertz CT molecular complexity index is 90.3. The summed E-state index contributed by atoms with van der Waals surface area (Å²) in [5.74, 6) is 0. The van der Waals surface area contributed by atoms with Crippen molar-refractivity contribution < 1.29 is 13.2 Å². The molecular formula is C4H7ClF3N. The summed E-state index contributed by atoms with van der Waals surface area (Å²) in [4.78, 5) is 0. The summed E-state index contributed by atoms with van der Waals surface area (Å²) in [5, 5.41) is 0. The summed E-state index contributed by atoms with van der Waals surface area (Å²) in [6, 6.07) is -1.89. The standard InChI is InChI=1S/C4H6F3N.ClH/c1-2-3(8)4(5,6)7;/h2-3H,1,8H2;1H. The smallest absolute Gasteiger partial charge is 0.317 e. The fourth-order valence-corrected chi connectivity index (χ4v) is 0.134. The van der Waals surface area contributed by atoms with Crippen LogP contribution in [0.5, 0.6) is 0 Å². The molecule has 0 aliphatic rings. The van der Waals surface area contributed by atoms with Gasteiger partial charge in [0.25, 0.3) is 0 Å². The summed E-state index contributed by atoms with van der Waals surface area (Å²) in [7, 11) is 0. The van der Waals surface area contributed by atoms with Gasteiger partial charge in [-0.15, -0.1) is 19.0 Å². The minimum atomic E-state index is -4.33. The van der Waals surface area contributed by atoms with E-state index in [1.807, 2.05) is 0 Å².